The first-order chi connectivity index (χ1) is 18.0. The van der Waals surface area contributed by atoms with Crippen molar-refractivity contribution in [2.45, 2.75) is 70.6 Å². The Balaban J connectivity index is 1.81. The normalized spacial score (nSPS) is 21.1. The molecule has 38 heavy (non-hydrogen) atoms. The highest BCUT2D eigenvalue weighted by Gasteiger charge is 2.57. The molecule has 0 saturated heterocycles. The summed E-state index contributed by atoms with van der Waals surface area (Å²) < 4.78 is 13.6. The highest BCUT2D eigenvalue weighted by atomic mass is 28.3. The molecule has 0 bridgehead atoms. The van der Waals surface area contributed by atoms with Gasteiger partial charge >= 0.3 is 11.9 Å². The van der Waals surface area contributed by atoms with Crippen LogP contribution in [0.3, 0.4) is 0 Å². The molecular formula is C29H35N3O5Si. The first-order valence-electron chi connectivity index (χ1n) is 13.3. The van der Waals surface area contributed by atoms with Crippen LogP contribution in [0, 0.1) is 5.92 Å². The van der Waals surface area contributed by atoms with Gasteiger partial charge < -0.3 is 19.8 Å². The van der Waals surface area contributed by atoms with E-state index in [1.54, 1.807) is 11.5 Å². The summed E-state index contributed by atoms with van der Waals surface area (Å²) in [6.45, 7) is 12.5. The van der Waals surface area contributed by atoms with Crippen LogP contribution in [-0.2, 0) is 31.2 Å². The van der Waals surface area contributed by atoms with Gasteiger partial charge in [0.25, 0.3) is 5.56 Å². The number of carbonyl (C=O) groups is 2. The van der Waals surface area contributed by atoms with Crippen molar-refractivity contribution in [1.29, 1.82) is 0 Å². The number of hydrogen-bond donors (Lipinski definition) is 1. The molecule has 1 aromatic carbocycles. The topological polar surface area (TPSA) is 114 Å². The first-order valence-corrected chi connectivity index (χ1v) is 16.4. The van der Waals surface area contributed by atoms with Crippen LogP contribution in [0.5, 0.6) is 0 Å². The van der Waals surface area contributed by atoms with Crippen molar-refractivity contribution in [2.75, 3.05) is 6.54 Å². The molecule has 0 aliphatic carbocycles. The molecule has 3 unspecified atom stereocenters. The number of cyclic esters (lactones) is 1. The highest BCUT2D eigenvalue weighted by molar-refractivity contribution is 6.80. The van der Waals surface area contributed by atoms with Crippen LogP contribution < -0.4 is 11.3 Å². The van der Waals surface area contributed by atoms with Crippen molar-refractivity contribution >= 4 is 30.9 Å². The predicted octanol–water partition coefficient (Wildman–Crippen LogP) is 4.42. The Kier molecular flexibility index (Phi) is 6.35. The van der Waals surface area contributed by atoms with Gasteiger partial charge in [-0.05, 0) is 36.1 Å². The van der Waals surface area contributed by atoms with Gasteiger partial charge in [0, 0.05) is 16.5 Å². The number of carbonyl (C=O) groups excluding carboxylic acids is 2. The summed E-state index contributed by atoms with van der Waals surface area (Å²) >= 11 is 0. The zero-order valence-corrected chi connectivity index (χ0v) is 23.8. The molecule has 0 saturated carbocycles. The van der Waals surface area contributed by atoms with Gasteiger partial charge in [-0.3, -0.25) is 9.59 Å². The third kappa shape index (κ3) is 3.74. The van der Waals surface area contributed by atoms with Crippen LogP contribution >= 0.6 is 0 Å². The molecule has 200 valence electrons. The smallest absolute Gasteiger partial charge is 0.355 e. The molecule has 0 fully saturated rings. The van der Waals surface area contributed by atoms with Crippen LogP contribution in [0.25, 0.3) is 22.3 Å². The lowest BCUT2D eigenvalue weighted by molar-refractivity contribution is -0.189. The van der Waals surface area contributed by atoms with E-state index in [-0.39, 0.29) is 17.5 Å². The van der Waals surface area contributed by atoms with Gasteiger partial charge in [0.1, 0.15) is 13.8 Å². The molecule has 0 amide bonds. The van der Waals surface area contributed by atoms with E-state index in [1.165, 1.54) is 0 Å². The van der Waals surface area contributed by atoms with Gasteiger partial charge in [0.05, 0.1) is 35.6 Å². The fourth-order valence-corrected chi connectivity index (χ4v) is 9.64. The number of aromatic nitrogens is 2. The monoisotopic (exact) mass is 533 g/mol. The lowest BCUT2D eigenvalue weighted by Crippen LogP contribution is -2.55. The van der Waals surface area contributed by atoms with E-state index in [9.17, 15) is 14.4 Å². The van der Waals surface area contributed by atoms with E-state index < -0.39 is 37.9 Å². The van der Waals surface area contributed by atoms with Crippen LogP contribution in [0.1, 0.15) is 56.5 Å². The second-order valence-electron chi connectivity index (χ2n) is 11.4. The number of hydrogen-bond acceptors (Lipinski definition) is 7. The second-order valence-corrected chi connectivity index (χ2v) is 16.5. The Bertz CT molecular complexity index is 1530. The molecule has 0 spiro atoms. The number of pyridine rings is 2. The third-order valence-electron chi connectivity index (χ3n) is 8.77. The lowest BCUT2D eigenvalue weighted by atomic mass is 9.85. The average Bonchev–Trinajstić information content (AvgIpc) is 3.25. The Morgan fingerprint density at radius 2 is 1.95 bits per heavy atom. The van der Waals surface area contributed by atoms with Crippen molar-refractivity contribution in [3.05, 3.63) is 63.4 Å². The summed E-state index contributed by atoms with van der Waals surface area (Å²) in [5.41, 5.74) is 7.04. The van der Waals surface area contributed by atoms with Gasteiger partial charge in [-0.1, -0.05) is 59.0 Å². The summed E-state index contributed by atoms with van der Waals surface area (Å²) in [5.74, 6) is -1.04. The first kappa shape index (κ1) is 26.3. The van der Waals surface area contributed by atoms with Crippen LogP contribution in [0.4, 0.5) is 0 Å². The maximum absolute atomic E-state index is 14.4. The molecule has 5 rings (SSSR count). The minimum absolute atomic E-state index is 0.111. The van der Waals surface area contributed by atoms with Gasteiger partial charge in [0.15, 0.2) is 0 Å². The lowest BCUT2D eigenvalue weighted by Gasteiger charge is -2.45. The summed E-state index contributed by atoms with van der Waals surface area (Å²) in [4.78, 5) is 45.6. The van der Waals surface area contributed by atoms with Gasteiger partial charge in [-0.2, -0.15) is 0 Å². The van der Waals surface area contributed by atoms with Crippen LogP contribution in [0.15, 0.2) is 41.2 Å². The molecule has 2 aliphatic rings. The van der Waals surface area contributed by atoms with Crippen molar-refractivity contribution in [3.63, 3.8) is 0 Å². The quantitative estimate of drug-likeness (QED) is 0.288. The molecule has 0 radical (unpaired) electrons. The van der Waals surface area contributed by atoms with E-state index in [0.29, 0.717) is 35.0 Å². The number of ether oxygens (including phenoxy) is 2. The number of nitrogens with zero attached hydrogens (tertiary/aromatic N) is 2. The molecule has 2 aromatic heterocycles. The average molecular weight is 534 g/mol. The Hall–Kier alpha value is -3.30. The summed E-state index contributed by atoms with van der Waals surface area (Å²) in [7, 11) is -2.41. The Morgan fingerprint density at radius 1 is 1.24 bits per heavy atom. The Morgan fingerprint density at radius 3 is 2.61 bits per heavy atom. The number of rotatable bonds is 6. The van der Waals surface area contributed by atoms with Crippen molar-refractivity contribution in [3.8, 4) is 11.4 Å². The molecule has 4 heterocycles. The maximum Gasteiger partial charge on any atom is 0.355 e. The molecule has 3 atom stereocenters. The predicted molar refractivity (Wildman–Crippen MR) is 148 cm³/mol. The number of para-hydroxylation sites is 1. The number of nitrogens with two attached hydrogens (primary N) is 1. The summed E-state index contributed by atoms with van der Waals surface area (Å²) in [6, 6.07) is 11.7. The molecule has 3 aromatic rings. The maximum atomic E-state index is 14.4. The molecule has 9 heteroatoms. The zero-order valence-electron chi connectivity index (χ0n) is 22.8. The van der Waals surface area contributed by atoms with E-state index in [0.717, 1.165) is 16.5 Å². The minimum atomic E-state index is -2.41. The number of esters is 2. The molecular weight excluding hydrogens is 498 g/mol. The Labute approximate surface area is 223 Å². The van der Waals surface area contributed by atoms with E-state index in [1.807, 2.05) is 30.3 Å². The van der Waals surface area contributed by atoms with Gasteiger partial charge in [-0.15, -0.1) is 0 Å². The molecule has 8 nitrogen and oxygen atoms in total. The molecule has 2 aliphatic heterocycles. The summed E-state index contributed by atoms with van der Waals surface area (Å²) in [6.07, 6.45) is 0.111. The van der Waals surface area contributed by atoms with Crippen LogP contribution in [0.2, 0.25) is 18.6 Å². The fraction of sp³-hybridized carbons (Fsp3) is 0.448. The van der Waals surface area contributed by atoms with Gasteiger partial charge in [-0.25, -0.2) is 9.78 Å². The molecule has 2 N–H and O–H groups in total. The summed E-state index contributed by atoms with van der Waals surface area (Å²) in [5, 5.41) is 0.993. The largest absolute Gasteiger partial charge is 0.458 e. The zero-order chi connectivity index (χ0) is 27.6. The van der Waals surface area contributed by atoms with Crippen LogP contribution in [-0.4, -0.2) is 36.1 Å². The third-order valence-corrected chi connectivity index (χ3v) is 13.5. The number of fused-ring (bicyclic) bond motifs is 5. The highest BCUT2D eigenvalue weighted by Crippen LogP contribution is 2.49. The van der Waals surface area contributed by atoms with Gasteiger partial charge in [0.2, 0.25) is 5.60 Å². The van der Waals surface area contributed by atoms with Crippen molar-refractivity contribution in [2.24, 2.45) is 11.7 Å². The van der Waals surface area contributed by atoms with E-state index in [4.69, 9.17) is 20.2 Å². The SMILES string of the molecule is CCC1(OC(=O)CN)C(=O)OC([Si](C)(C)C(C)C(C)C)c2c1cc1n(c2=O)Cc2cc3ccccc3nc2-1. The van der Waals surface area contributed by atoms with E-state index in [2.05, 4.69) is 39.9 Å². The van der Waals surface area contributed by atoms with Crippen molar-refractivity contribution in [1.82, 2.24) is 9.55 Å². The fourth-order valence-electron chi connectivity index (χ4n) is 6.01. The standard InChI is InChI=1S/C29H35N3O5Si/c1-7-29(37-23(33)14-30)20-13-22-25-19(12-18-10-8-9-11-21(18)31-25)15-32(22)26(34)24(20)27(36-28(29)35)38(5,6)17(4)16(2)3/h8-13,16-17,27H,7,14-15,30H2,1-6H3. The van der Waals surface area contributed by atoms with E-state index >= 15 is 0 Å². The second kappa shape index (κ2) is 9.16. The number of benzene rings is 1. The van der Waals surface area contributed by atoms with Crippen molar-refractivity contribution < 1.29 is 19.1 Å². The minimum Gasteiger partial charge on any atom is -0.458 e.